The maximum Gasteiger partial charge on any atom is 0.118 e. The number of fused-ring (bicyclic) bond motifs is 1. The molecule has 0 unspecified atom stereocenters. The van der Waals surface area contributed by atoms with Crippen LogP contribution in [0.5, 0.6) is 0 Å². The van der Waals surface area contributed by atoms with E-state index in [1.807, 2.05) is 0 Å². The minimum Gasteiger partial charge on any atom is -1.00 e. The Hall–Kier alpha value is -1.93. The van der Waals surface area contributed by atoms with Crippen LogP contribution < -0.4 is 28.3 Å². The van der Waals surface area contributed by atoms with Crippen molar-refractivity contribution < 1.29 is 12.4 Å². The minimum atomic E-state index is -2.00. The van der Waals surface area contributed by atoms with Crippen molar-refractivity contribution in [3.05, 3.63) is 118 Å². The molecule has 0 aliphatic rings. The highest BCUT2D eigenvalue weighted by Gasteiger charge is 2.45. The van der Waals surface area contributed by atoms with E-state index in [0.29, 0.717) is 9.36 Å². The molecule has 5 aromatic rings. The average molecular weight is 515 g/mol. The number of halogens is 3. The molecule has 0 radical (unpaired) electrons. The lowest BCUT2D eigenvalue weighted by molar-refractivity contribution is -0.00000578. The van der Waals surface area contributed by atoms with Crippen LogP contribution in [-0.4, -0.2) is 4.98 Å². The summed E-state index contributed by atoms with van der Waals surface area (Å²) in [6, 6.07) is 36.7. The number of pyridine rings is 1. The first kappa shape index (κ1) is 23.2. The standard InChI is InChI=1S/C26H19Cl2NPS.ClH/c27-24-25-23(31-26(24)28)17-16-19(29-25)18-30(20-10-4-1-5-11-20,21-12-6-2-7-13-21)22-14-8-3-9-15-22;/h1-17H,18H2;1H/q+1;/p-1. The average Bonchev–Trinajstić information content (AvgIpc) is 3.12. The van der Waals surface area contributed by atoms with Gasteiger partial charge in [0.15, 0.2) is 0 Å². The van der Waals surface area contributed by atoms with Gasteiger partial charge in [-0.15, -0.1) is 11.3 Å². The first-order chi connectivity index (χ1) is 15.2. The highest BCUT2D eigenvalue weighted by Crippen LogP contribution is 2.58. The number of aromatic nitrogens is 1. The minimum absolute atomic E-state index is 0. The van der Waals surface area contributed by atoms with E-state index in [2.05, 4.69) is 103 Å². The summed E-state index contributed by atoms with van der Waals surface area (Å²) in [4.78, 5) is 4.98. The Kier molecular flexibility index (Phi) is 7.20. The van der Waals surface area contributed by atoms with E-state index in [-0.39, 0.29) is 12.4 Å². The first-order valence-corrected chi connectivity index (χ1v) is 13.5. The molecule has 0 atom stereocenters. The largest absolute Gasteiger partial charge is 1.00 e. The Morgan fingerprint density at radius 2 is 1.12 bits per heavy atom. The maximum absolute atomic E-state index is 6.46. The molecule has 0 bridgehead atoms. The van der Waals surface area contributed by atoms with Crippen molar-refractivity contribution in [3.8, 4) is 0 Å². The van der Waals surface area contributed by atoms with Gasteiger partial charge in [-0.25, -0.2) is 4.98 Å². The van der Waals surface area contributed by atoms with Gasteiger partial charge in [0, 0.05) is 0 Å². The van der Waals surface area contributed by atoms with Crippen molar-refractivity contribution in [2.45, 2.75) is 6.16 Å². The Labute approximate surface area is 208 Å². The molecule has 0 N–H and O–H groups in total. The van der Waals surface area contributed by atoms with Crippen LogP contribution in [0.2, 0.25) is 9.36 Å². The highest BCUT2D eigenvalue weighted by atomic mass is 35.5. The summed E-state index contributed by atoms with van der Waals surface area (Å²) >= 11 is 14.2. The third kappa shape index (κ3) is 4.19. The smallest absolute Gasteiger partial charge is 0.118 e. The fourth-order valence-corrected chi connectivity index (χ4v) is 9.62. The van der Waals surface area contributed by atoms with Crippen molar-refractivity contribution in [2.24, 2.45) is 0 Å². The van der Waals surface area contributed by atoms with E-state index in [1.165, 1.54) is 27.3 Å². The van der Waals surface area contributed by atoms with Crippen LogP contribution in [0.15, 0.2) is 103 Å². The number of rotatable bonds is 5. The molecule has 160 valence electrons. The van der Waals surface area contributed by atoms with E-state index in [9.17, 15) is 0 Å². The van der Waals surface area contributed by atoms with Crippen molar-refractivity contribution >= 4 is 67.9 Å². The van der Waals surface area contributed by atoms with Crippen LogP contribution in [-0.2, 0) is 6.16 Å². The molecule has 0 fully saturated rings. The number of hydrogen-bond donors (Lipinski definition) is 0. The summed E-state index contributed by atoms with van der Waals surface area (Å²) in [7, 11) is -2.00. The molecule has 6 heteroatoms. The molecule has 0 amide bonds. The summed E-state index contributed by atoms with van der Waals surface area (Å²) in [6.07, 6.45) is 0.810. The molecule has 0 aliphatic carbocycles. The molecule has 5 rings (SSSR count). The van der Waals surface area contributed by atoms with Crippen molar-refractivity contribution in [2.75, 3.05) is 0 Å². The normalized spacial score (nSPS) is 11.3. The lowest BCUT2D eigenvalue weighted by Gasteiger charge is -2.27. The van der Waals surface area contributed by atoms with Gasteiger partial charge in [-0.3, -0.25) is 0 Å². The lowest BCUT2D eigenvalue weighted by Crippen LogP contribution is -3.00. The van der Waals surface area contributed by atoms with Gasteiger partial charge < -0.3 is 12.4 Å². The van der Waals surface area contributed by atoms with Crippen molar-refractivity contribution in [3.63, 3.8) is 0 Å². The van der Waals surface area contributed by atoms with Crippen LogP contribution in [0.4, 0.5) is 0 Å². The summed E-state index contributed by atoms with van der Waals surface area (Å²) in [5, 5.41) is 4.56. The molecule has 32 heavy (non-hydrogen) atoms. The zero-order valence-corrected chi connectivity index (χ0v) is 20.9. The number of hydrogen-bond acceptors (Lipinski definition) is 2. The van der Waals surface area contributed by atoms with E-state index in [0.717, 1.165) is 22.1 Å². The van der Waals surface area contributed by atoms with Crippen molar-refractivity contribution in [1.82, 2.24) is 4.98 Å². The molecule has 0 saturated heterocycles. The van der Waals surface area contributed by atoms with Gasteiger partial charge in [0.1, 0.15) is 39.2 Å². The van der Waals surface area contributed by atoms with Crippen LogP contribution in [0.1, 0.15) is 5.69 Å². The van der Waals surface area contributed by atoms with E-state index < -0.39 is 7.26 Å². The van der Waals surface area contributed by atoms with E-state index in [4.69, 9.17) is 28.2 Å². The second kappa shape index (κ2) is 9.91. The third-order valence-electron chi connectivity index (χ3n) is 5.49. The predicted molar refractivity (Wildman–Crippen MR) is 138 cm³/mol. The molecule has 3 aromatic carbocycles. The molecule has 1 nitrogen and oxygen atoms in total. The Bertz CT molecular complexity index is 1230. The topological polar surface area (TPSA) is 12.9 Å². The summed E-state index contributed by atoms with van der Waals surface area (Å²) < 4.78 is 1.61. The fraction of sp³-hybridized carbons (Fsp3) is 0.0385. The Balaban J connectivity index is 0.00000245. The van der Waals surface area contributed by atoms with E-state index in [1.54, 1.807) is 0 Å². The molecule has 0 aliphatic heterocycles. The molecule has 2 heterocycles. The zero-order chi connectivity index (χ0) is 21.3. The summed E-state index contributed by atoms with van der Waals surface area (Å²) in [5.41, 5.74) is 1.82. The molecular formula is C26H19Cl3NPS. The monoisotopic (exact) mass is 513 g/mol. The van der Waals surface area contributed by atoms with Crippen LogP contribution in [0, 0.1) is 0 Å². The van der Waals surface area contributed by atoms with Gasteiger partial charge in [-0.05, 0) is 48.5 Å². The SMILES string of the molecule is Clc1sc2ccc(C[P+](c3ccccc3)(c3ccccc3)c3ccccc3)nc2c1Cl.[Cl-]. The van der Waals surface area contributed by atoms with Crippen LogP contribution in [0.25, 0.3) is 10.2 Å². The lowest BCUT2D eigenvalue weighted by atomic mass is 10.3. The van der Waals surface area contributed by atoms with Gasteiger partial charge in [0.05, 0.1) is 15.4 Å². The molecule has 2 aromatic heterocycles. The number of nitrogens with zero attached hydrogens (tertiary/aromatic N) is 1. The molecular weight excluding hydrogens is 496 g/mol. The quantitative estimate of drug-likeness (QED) is 0.322. The maximum atomic E-state index is 6.46. The van der Waals surface area contributed by atoms with Gasteiger partial charge in [-0.2, -0.15) is 0 Å². The molecule has 0 saturated carbocycles. The van der Waals surface area contributed by atoms with Crippen LogP contribution in [0.3, 0.4) is 0 Å². The number of benzene rings is 3. The third-order valence-corrected chi connectivity index (χ3v) is 11.8. The Morgan fingerprint density at radius 1 is 0.656 bits per heavy atom. The second-order valence-corrected chi connectivity index (χ2v) is 12.8. The fourth-order valence-electron chi connectivity index (χ4n) is 4.06. The summed E-state index contributed by atoms with van der Waals surface area (Å²) in [5.74, 6) is 0. The van der Waals surface area contributed by atoms with Gasteiger partial charge in [0.25, 0.3) is 0 Å². The van der Waals surface area contributed by atoms with Gasteiger partial charge in [-0.1, -0.05) is 77.8 Å². The predicted octanol–water partition coefficient (Wildman–Crippen LogP) is 4.10. The Morgan fingerprint density at radius 3 is 1.59 bits per heavy atom. The first-order valence-electron chi connectivity index (χ1n) is 9.97. The highest BCUT2D eigenvalue weighted by molar-refractivity contribution is 7.95. The van der Waals surface area contributed by atoms with Crippen LogP contribution >= 0.6 is 41.8 Å². The number of thiophene rings is 1. The van der Waals surface area contributed by atoms with E-state index >= 15 is 0 Å². The zero-order valence-electron chi connectivity index (χ0n) is 17.0. The van der Waals surface area contributed by atoms with Gasteiger partial charge in [0.2, 0.25) is 0 Å². The summed E-state index contributed by atoms with van der Waals surface area (Å²) in [6.45, 7) is 0. The molecule has 0 spiro atoms. The van der Waals surface area contributed by atoms with Gasteiger partial charge >= 0.3 is 0 Å². The van der Waals surface area contributed by atoms with Crippen molar-refractivity contribution in [1.29, 1.82) is 0 Å². The second-order valence-electron chi connectivity index (χ2n) is 7.31.